The molecule has 0 unspecified atom stereocenters. The van der Waals surface area contributed by atoms with Crippen molar-refractivity contribution >= 4 is 16.8 Å². The summed E-state index contributed by atoms with van der Waals surface area (Å²) < 4.78 is 0. The third kappa shape index (κ3) is 2.26. The first-order valence-corrected chi connectivity index (χ1v) is 5.33. The lowest BCUT2D eigenvalue weighted by Gasteiger charge is -2.07. The minimum Gasteiger partial charge on any atom is -0.277 e. The van der Waals surface area contributed by atoms with Crippen LogP contribution in [0.15, 0.2) is 24.3 Å². The number of benzene rings is 1. The third-order valence-corrected chi connectivity index (χ3v) is 2.60. The minimum absolute atomic E-state index is 0.277. The van der Waals surface area contributed by atoms with Crippen molar-refractivity contribution in [3.8, 4) is 0 Å². The van der Waals surface area contributed by atoms with Gasteiger partial charge in [-0.05, 0) is 32.0 Å². The Morgan fingerprint density at radius 2 is 2.06 bits per heavy atom. The minimum atomic E-state index is -0.277. The fourth-order valence-electron chi connectivity index (χ4n) is 1.77. The van der Waals surface area contributed by atoms with Crippen molar-refractivity contribution in [1.82, 2.24) is 10.5 Å². The molecule has 4 heteroatoms. The number of fused-ring (bicyclic) bond motifs is 1. The summed E-state index contributed by atoms with van der Waals surface area (Å²) in [6, 6.07) is 7.80. The van der Waals surface area contributed by atoms with E-state index in [4.69, 9.17) is 0 Å². The lowest BCUT2D eigenvalue weighted by molar-refractivity contribution is 0.0536. The summed E-state index contributed by atoms with van der Waals surface area (Å²) in [5, 5.41) is 0.955. The molecule has 4 nitrogen and oxygen atoms in total. The Labute approximate surface area is 99.6 Å². The van der Waals surface area contributed by atoms with Gasteiger partial charge in [0.15, 0.2) is 0 Å². The number of carbonyl (C=O) groups excluding carboxylic acids is 1. The first-order valence-electron chi connectivity index (χ1n) is 5.33. The maximum atomic E-state index is 11.7. The van der Waals surface area contributed by atoms with Crippen LogP contribution in [-0.2, 0) is 4.84 Å². The Morgan fingerprint density at radius 1 is 1.29 bits per heavy atom. The van der Waals surface area contributed by atoms with Gasteiger partial charge >= 0.3 is 0 Å². The third-order valence-electron chi connectivity index (χ3n) is 2.60. The van der Waals surface area contributed by atoms with Gasteiger partial charge in [0.25, 0.3) is 5.91 Å². The Morgan fingerprint density at radius 3 is 2.76 bits per heavy atom. The highest BCUT2D eigenvalue weighted by molar-refractivity contribution is 5.98. The highest BCUT2D eigenvalue weighted by Crippen LogP contribution is 2.17. The highest BCUT2D eigenvalue weighted by atomic mass is 16.6. The second-order valence-electron chi connectivity index (χ2n) is 3.95. The molecular formula is C13H14N2O2. The molecule has 2 rings (SSSR count). The van der Waals surface area contributed by atoms with Gasteiger partial charge in [0, 0.05) is 5.39 Å². The van der Waals surface area contributed by atoms with Gasteiger partial charge in [-0.15, -0.1) is 0 Å². The van der Waals surface area contributed by atoms with E-state index in [1.54, 1.807) is 0 Å². The number of amides is 1. The van der Waals surface area contributed by atoms with E-state index in [-0.39, 0.29) is 5.91 Å². The van der Waals surface area contributed by atoms with Crippen molar-refractivity contribution in [1.29, 1.82) is 0 Å². The molecule has 0 aliphatic carbocycles. The molecule has 88 valence electrons. The molecule has 0 radical (unpaired) electrons. The molecule has 1 aromatic heterocycles. The molecule has 0 spiro atoms. The van der Waals surface area contributed by atoms with E-state index < -0.39 is 0 Å². The number of aryl methyl sites for hydroxylation is 2. The summed E-state index contributed by atoms with van der Waals surface area (Å²) in [7, 11) is 1.41. The van der Waals surface area contributed by atoms with Crippen molar-refractivity contribution in [3.63, 3.8) is 0 Å². The van der Waals surface area contributed by atoms with Crippen LogP contribution in [0.2, 0.25) is 0 Å². The molecule has 0 bridgehead atoms. The van der Waals surface area contributed by atoms with E-state index in [9.17, 15) is 4.79 Å². The lowest BCUT2D eigenvalue weighted by Crippen LogP contribution is -2.23. The van der Waals surface area contributed by atoms with Crippen molar-refractivity contribution in [2.24, 2.45) is 0 Å². The summed E-state index contributed by atoms with van der Waals surface area (Å²) >= 11 is 0. The van der Waals surface area contributed by atoms with Gasteiger partial charge in [0.05, 0.1) is 23.9 Å². The van der Waals surface area contributed by atoms with E-state index in [2.05, 4.69) is 15.3 Å². The second kappa shape index (κ2) is 4.51. The number of aromatic nitrogens is 1. The zero-order chi connectivity index (χ0) is 12.4. The van der Waals surface area contributed by atoms with Crippen LogP contribution in [0.4, 0.5) is 0 Å². The smallest absolute Gasteiger partial charge is 0.276 e. The van der Waals surface area contributed by atoms with Gasteiger partial charge in [0.1, 0.15) is 0 Å². The molecule has 1 aromatic carbocycles. The molecule has 0 aliphatic heterocycles. The molecule has 0 atom stereocenters. The van der Waals surface area contributed by atoms with Gasteiger partial charge < -0.3 is 0 Å². The predicted molar refractivity (Wildman–Crippen MR) is 65.7 cm³/mol. The van der Waals surface area contributed by atoms with Crippen LogP contribution < -0.4 is 5.48 Å². The number of rotatable bonds is 2. The molecule has 0 fully saturated rings. The lowest BCUT2D eigenvalue weighted by atomic mass is 10.1. The Hall–Kier alpha value is -1.94. The molecule has 0 aliphatic rings. The van der Waals surface area contributed by atoms with Gasteiger partial charge in [-0.1, -0.05) is 11.6 Å². The summed E-state index contributed by atoms with van der Waals surface area (Å²) in [5.41, 5.74) is 5.56. The molecular weight excluding hydrogens is 216 g/mol. The molecule has 0 saturated heterocycles. The number of carbonyl (C=O) groups is 1. The topological polar surface area (TPSA) is 51.2 Å². The van der Waals surface area contributed by atoms with Crippen LogP contribution in [0.3, 0.4) is 0 Å². The van der Waals surface area contributed by atoms with E-state index >= 15 is 0 Å². The monoisotopic (exact) mass is 230 g/mol. The normalized spacial score (nSPS) is 10.5. The Kier molecular flexibility index (Phi) is 3.06. The average molecular weight is 230 g/mol. The van der Waals surface area contributed by atoms with E-state index in [0.717, 1.165) is 16.5 Å². The number of pyridine rings is 1. The summed E-state index contributed by atoms with van der Waals surface area (Å²) in [4.78, 5) is 20.7. The molecule has 0 saturated carbocycles. The Bertz CT molecular complexity index is 579. The average Bonchev–Trinajstić information content (AvgIpc) is 2.29. The number of hydrogen-bond acceptors (Lipinski definition) is 3. The first kappa shape index (κ1) is 11.5. The molecule has 17 heavy (non-hydrogen) atoms. The van der Waals surface area contributed by atoms with Gasteiger partial charge in [-0.3, -0.25) is 14.6 Å². The van der Waals surface area contributed by atoms with E-state index in [1.807, 2.05) is 38.1 Å². The van der Waals surface area contributed by atoms with Crippen LogP contribution in [0.5, 0.6) is 0 Å². The van der Waals surface area contributed by atoms with Crippen LogP contribution in [0, 0.1) is 13.8 Å². The zero-order valence-corrected chi connectivity index (χ0v) is 10.1. The zero-order valence-electron chi connectivity index (χ0n) is 10.1. The quantitative estimate of drug-likeness (QED) is 0.804. The molecule has 2 aromatic rings. The largest absolute Gasteiger partial charge is 0.277 e. The van der Waals surface area contributed by atoms with Crippen LogP contribution in [0.1, 0.15) is 21.6 Å². The number of hydroxylamine groups is 1. The van der Waals surface area contributed by atoms with Crippen molar-refractivity contribution in [2.45, 2.75) is 13.8 Å². The second-order valence-corrected chi connectivity index (χ2v) is 3.95. The molecule has 1 N–H and O–H groups in total. The summed E-state index contributed by atoms with van der Waals surface area (Å²) in [6.45, 7) is 3.82. The van der Waals surface area contributed by atoms with Crippen LogP contribution in [-0.4, -0.2) is 18.0 Å². The first-order chi connectivity index (χ1) is 8.11. The highest BCUT2D eigenvalue weighted by Gasteiger charge is 2.11. The molecule has 1 amide bonds. The maximum absolute atomic E-state index is 11.7. The standard InChI is InChI=1S/C13H14N2O2/c1-8-4-5-12-10(6-8)7-11(9(2)14-12)13(16)15-17-3/h4-7H,1-3H3,(H,15,16). The van der Waals surface area contributed by atoms with Gasteiger partial charge in [-0.25, -0.2) is 5.48 Å². The fourth-order valence-corrected chi connectivity index (χ4v) is 1.77. The summed E-state index contributed by atoms with van der Waals surface area (Å²) in [6.07, 6.45) is 0. The van der Waals surface area contributed by atoms with Crippen LogP contribution in [0.25, 0.3) is 10.9 Å². The number of nitrogens with zero attached hydrogens (tertiary/aromatic N) is 1. The van der Waals surface area contributed by atoms with E-state index in [1.165, 1.54) is 7.11 Å². The van der Waals surface area contributed by atoms with Crippen molar-refractivity contribution in [2.75, 3.05) is 7.11 Å². The SMILES string of the molecule is CONC(=O)c1cc2cc(C)ccc2nc1C. The molecule has 1 heterocycles. The Balaban J connectivity index is 2.57. The van der Waals surface area contributed by atoms with Gasteiger partial charge in [-0.2, -0.15) is 0 Å². The number of hydrogen-bond donors (Lipinski definition) is 1. The van der Waals surface area contributed by atoms with Crippen LogP contribution >= 0.6 is 0 Å². The van der Waals surface area contributed by atoms with Crippen molar-refractivity contribution in [3.05, 3.63) is 41.1 Å². The maximum Gasteiger partial charge on any atom is 0.276 e. The van der Waals surface area contributed by atoms with Gasteiger partial charge in [0.2, 0.25) is 0 Å². The predicted octanol–water partition coefficient (Wildman–Crippen LogP) is 2.14. The van der Waals surface area contributed by atoms with Crippen molar-refractivity contribution < 1.29 is 9.63 Å². The summed E-state index contributed by atoms with van der Waals surface area (Å²) in [5.74, 6) is -0.277. The fraction of sp³-hybridized carbons (Fsp3) is 0.231. The van der Waals surface area contributed by atoms with E-state index in [0.29, 0.717) is 11.3 Å². The number of nitrogens with one attached hydrogen (secondary N) is 1.